The fraction of sp³-hybridized carbons (Fsp3) is 0.500. The molecule has 92 valence electrons. The molecule has 0 bridgehead atoms. The van der Waals surface area contributed by atoms with E-state index in [0.29, 0.717) is 0 Å². The highest BCUT2D eigenvalue weighted by Crippen LogP contribution is 2.12. The van der Waals surface area contributed by atoms with Crippen LogP contribution in [0.5, 0.6) is 0 Å². The van der Waals surface area contributed by atoms with Crippen molar-refractivity contribution in [1.82, 2.24) is 10.2 Å². The van der Waals surface area contributed by atoms with Crippen LogP contribution in [0.1, 0.15) is 22.3 Å². The molecule has 3 heteroatoms. The summed E-state index contributed by atoms with van der Waals surface area (Å²) >= 11 is 0. The van der Waals surface area contributed by atoms with Crippen molar-refractivity contribution in [3.05, 3.63) is 35.4 Å². The van der Waals surface area contributed by atoms with E-state index in [1.165, 1.54) is 0 Å². The maximum atomic E-state index is 12.2. The van der Waals surface area contributed by atoms with E-state index in [1.807, 2.05) is 43.1 Å². The summed E-state index contributed by atoms with van der Waals surface area (Å²) in [6.45, 7) is 5.04. The number of hydrogen-bond acceptors (Lipinski definition) is 2. The zero-order valence-electron chi connectivity index (χ0n) is 10.6. The summed E-state index contributed by atoms with van der Waals surface area (Å²) < 4.78 is 0. The van der Waals surface area contributed by atoms with Crippen LogP contribution in [0.15, 0.2) is 24.3 Å². The number of aryl methyl sites for hydroxylation is 1. The Morgan fingerprint density at radius 2 is 2.12 bits per heavy atom. The predicted molar refractivity (Wildman–Crippen MR) is 69.1 cm³/mol. The first-order valence-electron chi connectivity index (χ1n) is 6.20. The van der Waals surface area contributed by atoms with Crippen LogP contribution in [0.2, 0.25) is 0 Å². The maximum Gasteiger partial charge on any atom is 0.253 e. The van der Waals surface area contributed by atoms with Crippen LogP contribution in [0, 0.1) is 12.8 Å². The molecule has 0 atom stereocenters. The lowest BCUT2D eigenvalue weighted by molar-refractivity contribution is 0.0781. The summed E-state index contributed by atoms with van der Waals surface area (Å²) in [5.74, 6) is 0.887. The second-order valence-electron chi connectivity index (χ2n) is 4.85. The minimum atomic E-state index is 0.135. The van der Waals surface area contributed by atoms with E-state index >= 15 is 0 Å². The molecule has 1 heterocycles. The predicted octanol–water partition coefficient (Wildman–Crippen LogP) is 1.68. The van der Waals surface area contributed by atoms with Gasteiger partial charge in [-0.2, -0.15) is 0 Å². The summed E-state index contributed by atoms with van der Waals surface area (Å²) in [6.07, 6.45) is 1.10. The van der Waals surface area contributed by atoms with Crippen LogP contribution < -0.4 is 5.32 Å². The van der Waals surface area contributed by atoms with Crippen molar-refractivity contribution in [2.75, 3.05) is 26.7 Å². The fourth-order valence-corrected chi connectivity index (χ4v) is 2.05. The van der Waals surface area contributed by atoms with E-state index in [-0.39, 0.29) is 5.91 Å². The van der Waals surface area contributed by atoms with Gasteiger partial charge < -0.3 is 10.2 Å². The topological polar surface area (TPSA) is 32.3 Å². The SMILES string of the molecule is Cc1ccccc1C(=O)N(C)CCC1CNC1. The Hall–Kier alpha value is -1.35. The van der Waals surface area contributed by atoms with Crippen LogP contribution in [0.25, 0.3) is 0 Å². The fourth-order valence-electron chi connectivity index (χ4n) is 2.05. The minimum absolute atomic E-state index is 0.135. The molecule has 1 amide bonds. The summed E-state index contributed by atoms with van der Waals surface area (Å²) in [5, 5.41) is 3.25. The zero-order valence-corrected chi connectivity index (χ0v) is 10.6. The largest absolute Gasteiger partial charge is 0.342 e. The van der Waals surface area contributed by atoms with Crippen molar-refractivity contribution in [2.45, 2.75) is 13.3 Å². The monoisotopic (exact) mass is 232 g/mol. The number of carbonyl (C=O) groups is 1. The van der Waals surface area contributed by atoms with Gasteiger partial charge in [0.1, 0.15) is 0 Å². The zero-order chi connectivity index (χ0) is 12.3. The molecule has 0 saturated carbocycles. The summed E-state index contributed by atoms with van der Waals surface area (Å²) in [5.41, 5.74) is 1.87. The highest BCUT2D eigenvalue weighted by Gasteiger charge is 2.19. The molecule has 1 aromatic carbocycles. The van der Waals surface area contributed by atoms with E-state index in [4.69, 9.17) is 0 Å². The molecule has 1 N–H and O–H groups in total. The molecule has 0 radical (unpaired) electrons. The third kappa shape index (κ3) is 2.86. The third-order valence-electron chi connectivity index (χ3n) is 3.46. The number of hydrogen-bond donors (Lipinski definition) is 1. The van der Waals surface area contributed by atoms with E-state index in [1.54, 1.807) is 0 Å². The number of benzene rings is 1. The van der Waals surface area contributed by atoms with E-state index in [2.05, 4.69) is 5.32 Å². The van der Waals surface area contributed by atoms with Crippen molar-refractivity contribution in [2.24, 2.45) is 5.92 Å². The van der Waals surface area contributed by atoms with E-state index < -0.39 is 0 Å². The molecule has 0 unspecified atom stereocenters. The average molecular weight is 232 g/mol. The normalized spacial score (nSPS) is 15.4. The first-order chi connectivity index (χ1) is 8.18. The molecule has 17 heavy (non-hydrogen) atoms. The smallest absolute Gasteiger partial charge is 0.253 e. The highest BCUT2D eigenvalue weighted by atomic mass is 16.2. The molecule has 1 aliphatic heterocycles. The highest BCUT2D eigenvalue weighted by molar-refractivity contribution is 5.95. The number of amides is 1. The molecular weight excluding hydrogens is 212 g/mol. The second kappa shape index (κ2) is 5.32. The number of carbonyl (C=O) groups excluding carboxylic acids is 1. The lowest BCUT2D eigenvalue weighted by Gasteiger charge is -2.29. The molecule has 0 spiro atoms. The molecule has 1 aromatic rings. The van der Waals surface area contributed by atoms with Gasteiger partial charge in [0.05, 0.1) is 0 Å². The van der Waals surface area contributed by atoms with Gasteiger partial charge in [-0.25, -0.2) is 0 Å². The molecule has 2 rings (SSSR count). The maximum absolute atomic E-state index is 12.2. The number of rotatable bonds is 4. The molecule has 1 fully saturated rings. The Labute approximate surface area is 103 Å². The standard InChI is InChI=1S/C14H20N2O/c1-11-5-3-4-6-13(11)14(17)16(2)8-7-12-9-15-10-12/h3-6,12,15H,7-10H2,1-2H3. The number of nitrogens with one attached hydrogen (secondary N) is 1. The van der Waals surface area contributed by atoms with Gasteiger partial charge in [-0.05, 0) is 44.0 Å². The molecule has 0 aromatic heterocycles. The van der Waals surface area contributed by atoms with Crippen molar-refractivity contribution < 1.29 is 4.79 Å². The number of nitrogens with zero attached hydrogens (tertiary/aromatic N) is 1. The molecule has 0 aliphatic carbocycles. The van der Waals surface area contributed by atoms with Crippen LogP contribution in [-0.2, 0) is 0 Å². The van der Waals surface area contributed by atoms with Crippen molar-refractivity contribution in [3.8, 4) is 0 Å². The minimum Gasteiger partial charge on any atom is -0.342 e. The van der Waals surface area contributed by atoms with E-state index in [9.17, 15) is 4.79 Å². The lowest BCUT2D eigenvalue weighted by atomic mass is 9.99. The van der Waals surface area contributed by atoms with E-state index in [0.717, 1.165) is 43.1 Å². The summed E-state index contributed by atoms with van der Waals surface area (Å²) in [4.78, 5) is 14.0. The van der Waals surface area contributed by atoms with Crippen LogP contribution >= 0.6 is 0 Å². The first-order valence-corrected chi connectivity index (χ1v) is 6.20. The van der Waals surface area contributed by atoms with Crippen LogP contribution in [0.4, 0.5) is 0 Å². The van der Waals surface area contributed by atoms with Gasteiger partial charge in [0.25, 0.3) is 5.91 Å². The molecule has 1 saturated heterocycles. The van der Waals surface area contributed by atoms with Gasteiger partial charge in [-0.15, -0.1) is 0 Å². The van der Waals surface area contributed by atoms with Crippen LogP contribution in [0.3, 0.4) is 0 Å². The molecule has 3 nitrogen and oxygen atoms in total. The van der Waals surface area contributed by atoms with Gasteiger partial charge in [0.15, 0.2) is 0 Å². The summed E-state index contributed by atoms with van der Waals surface area (Å²) in [7, 11) is 1.89. The Morgan fingerprint density at radius 1 is 1.41 bits per heavy atom. The summed E-state index contributed by atoms with van der Waals surface area (Å²) in [6, 6.07) is 7.77. The Morgan fingerprint density at radius 3 is 2.71 bits per heavy atom. The quantitative estimate of drug-likeness (QED) is 0.856. The Bertz CT molecular complexity index is 399. The van der Waals surface area contributed by atoms with Gasteiger partial charge in [-0.3, -0.25) is 4.79 Å². The van der Waals surface area contributed by atoms with Crippen LogP contribution in [-0.4, -0.2) is 37.5 Å². The molecule has 1 aliphatic rings. The Balaban J connectivity index is 1.92. The first kappa shape index (κ1) is 12.1. The van der Waals surface area contributed by atoms with Gasteiger partial charge in [0, 0.05) is 19.2 Å². The second-order valence-corrected chi connectivity index (χ2v) is 4.85. The van der Waals surface area contributed by atoms with Gasteiger partial charge >= 0.3 is 0 Å². The van der Waals surface area contributed by atoms with Gasteiger partial charge in [-0.1, -0.05) is 18.2 Å². The van der Waals surface area contributed by atoms with Crippen molar-refractivity contribution >= 4 is 5.91 Å². The lowest BCUT2D eigenvalue weighted by Crippen LogP contribution is -2.43. The Kier molecular flexibility index (Phi) is 3.79. The van der Waals surface area contributed by atoms with Crippen molar-refractivity contribution in [3.63, 3.8) is 0 Å². The molecular formula is C14H20N2O. The van der Waals surface area contributed by atoms with Crippen molar-refractivity contribution in [1.29, 1.82) is 0 Å². The third-order valence-corrected chi connectivity index (χ3v) is 3.46. The average Bonchev–Trinajstić information content (AvgIpc) is 2.26. The van der Waals surface area contributed by atoms with Gasteiger partial charge in [0.2, 0.25) is 0 Å².